The molecule has 0 unspecified atom stereocenters. The molecule has 22 heavy (non-hydrogen) atoms. The summed E-state index contributed by atoms with van der Waals surface area (Å²) in [5.41, 5.74) is -9.70. The van der Waals surface area contributed by atoms with E-state index in [-0.39, 0.29) is 6.07 Å². The number of halogens is 3. The second-order valence-electron chi connectivity index (χ2n) is 3.96. The number of hydrogen-bond donors (Lipinski definition) is 2. The highest BCUT2D eigenvalue weighted by Crippen LogP contribution is 2.43. The van der Waals surface area contributed by atoms with Crippen molar-refractivity contribution in [2.75, 3.05) is 0 Å². The third kappa shape index (κ3) is 2.27. The van der Waals surface area contributed by atoms with E-state index >= 15 is 0 Å². The number of nitrogens with one attached hydrogen (secondary N) is 2. The number of nitro groups is 2. The van der Waals surface area contributed by atoms with Crippen LogP contribution in [0.5, 0.6) is 0 Å². The zero-order valence-electron chi connectivity index (χ0n) is 10.1. The smallest absolute Gasteiger partial charge is 0.316 e. The SMILES string of the molecule is O=c1[nH]c2cc(C(F)(F)F)c([N+](=O)[O-])c([N+](=O)[O-])c2[nH]c1=O. The van der Waals surface area contributed by atoms with Gasteiger partial charge in [-0.3, -0.25) is 29.8 Å². The highest BCUT2D eigenvalue weighted by molar-refractivity contribution is 5.90. The van der Waals surface area contributed by atoms with Gasteiger partial charge in [0.2, 0.25) is 0 Å². The lowest BCUT2D eigenvalue weighted by molar-refractivity contribution is -0.423. The second kappa shape index (κ2) is 4.64. The van der Waals surface area contributed by atoms with Gasteiger partial charge in [-0.15, -0.1) is 0 Å². The molecular formula is C9H3F3N4O6. The minimum atomic E-state index is -5.28. The van der Waals surface area contributed by atoms with Crippen molar-refractivity contribution >= 4 is 22.4 Å². The maximum atomic E-state index is 12.9. The van der Waals surface area contributed by atoms with Crippen molar-refractivity contribution in [2.45, 2.75) is 6.18 Å². The molecule has 2 aromatic rings. The first-order chi connectivity index (χ1) is 10.0. The maximum Gasteiger partial charge on any atom is 0.423 e. The van der Waals surface area contributed by atoms with E-state index in [0.29, 0.717) is 0 Å². The summed E-state index contributed by atoms with van der Waals surface area (Å²) in [5.74, 6) is 0. The number of nitrogens with zero attached hydrogens (tertiary/aromatic N) is 2. The molecule has 0 aliphatic rings. The Bertz CT molecular complexity index is 928. The van der Waals surface area contributed by atoms with Crippen molar-refractivity contribution in [2.24, 2.45) is 0 Å². The zero-order valence-corrected chi connectivity index (χ0v) is 10.1. The van der Waals surface area contributed by atoms with E-state index in [2.05, 4.69) is 0 Å². The van der Waals surface area contributed by atoms with Crippen LogP contribution in [0.25, 0.3) is 11.0 Å². The first kappa shape index (κ1) is 15.1. The second-order valence-corrected chi connectivity index (χ2v) is 3.96. The molecule has 2 N–H and O–H groups in total. The number of fused-ring (bicyclic) bond motifs is 1. The molecule has 0 aliphatic carbocycles. The molecule has 0 saturated carbocycles. The molecule has 0 saturated heterocycles. The lowest BCUT2D eigenvalue weighted by Crippen LogP contribution is -2.29. The molecule has 0 bridgehead atoms. The Hall–Kier alpha value is -3.25. The molecule has 1 aromatic carbocycles. The lowest BCUT2D eigenvalue weighted by atomic mass is 10.1. The van der Waals surface area contributed by atoms with Crippen molar-refractivity contribution in [3.05, 3.63) is 52.6 Å². The van der Waals surface area contributed by atoms with Gasteiger partial charge in [0, 0.05) is 0 Å². The summed E-state index contributed by atoms with van der Waals surface area (Å²) in [7, 11) is 0. The Morgan fingerprint density at radius 2 is 1.45 bits per heavy atom. The number of H-pyrrole nitrogens is 2. The van der Waals surface area contributed by atoms with E-state index in [1.54, 1.807) is 9.97 Å². The van der Waals surface area contributed by atoms with Crippen LogP contribution in [-0.4, -0.2) is 19.8 Å². The van der Waals surface area contributed by atoms with Gasteiger partial charge in [0.25, 0.3) is 0 Å². The van der Waals surface area contributed by atoms with E-state index in [0.717, 1.165) is 0 Å². The Balaban J connectivity index is 3.17. The minimum absolute atomic E-state index is 0.151. The van der Waals surface area contributed by atoms with E-state index in [4.69, 9.17) is 0 Å². The molecule has 0 spiro atoms. The largest absolute Gasteiger partial charge is 0.423 e. The Morgan fingerprint density at radius 3 is 1.91 bits per heavy atom. The summed E-state index contributed by atoms with van der Waals surface area (Å²) in [6.45, 7) is 0. The number of nitro benzene ring substituents is 2. The monoisotopic (exact) mass is 320 g/mol. The van der Waals surface area contributed by atoms with Gasteiger partial charge in [0.1, 0.15) is 5.56 Å². The summed E-state index contributed by atoms with van der Waals surface area (Å²) >= 11 is 0. The fourth-order valence-electron chi connectivity index (χ4n) is 1.81. The molecule has 13 heteroatoms. The average molecular weight is 320 g/mol. The first-order valence-electron chi connectivity index (χ1n) is 5.23. The van der Waals surface area contributed by atoms with Crippen LogP contribution in [-0.2, 0) is 6.18 Å². The maximum absolute atomic E-state index is 12.9. The summed E-state index contributed by atoms with van der Waals surface area (Å²) in [6, 6.07) is 0.151. The molecule has 1 aromatic heterocycles. The Kier molecular flexibility index (Phi) is 3.20. The molecular weight excluding hydrogens is 317 g/mol. The predicted molar refractivity (Wildman–Crippen MR) is 63.5 cm³/mol. The number of aromatic amines is 2. The van der Waals surface area contributed by atoms with E-state index in [9.17, 15) is 43.0 Å². The van der Waals surface area contributed by atoms with Crippen LogP contribution >= 0.6 is 0 Å². The van der Waals surface area contributed by atoms with Crippen molar-refractivity contribution in [3.8, 4) is 0 Å². The molecule has 0 fully saturated rings. The van der Waals surface area contributed by atoms with Gasteiger partial charge >= 0.3 is 28.7 Å². The average Bonchev–Trinajstić information content (AvgIpc) is 2.36. The fraction of sp³-hybridized carbons (Fsp3) is 0.111. The van der Waals surface area contributed by atoms with Gasteiger partial charge in [-0.05, 0) is 6.07 Å². The predicted octanol–water partition coefficient (Wildman–Crippen LogP) is 1.05. The van der Waals surface area contributed by atoms with Gasteiger partial charge in [-0.1, -0.05) is 0 Å². The van der Waals surface area contributed by atoms with Crippen LogP contribution in [0, 0.1) is 20.2 Å². The molecule has 0 radical (unpaired) electrons. The number of hydrogen-bond acceptors (Lipinski definition) is 6. The highest BCUT2D eigenvalue weighted by Gasteiger charge is 2.45. The molecule has 116 valence electrons. The highest BCUT2D eigenvalue weighted by atomic mass is 19.4. The number of aromatic nitrogens is 2. The summed E-state index contributed by atoms with van der Waals surface area (Å²) in [6.07, 6.45) is -5.28. The van der Waals surface area contributed by atoms with Crippen molar-refractivity contribution < 1.29 is 23.0 Å². The van der Waals surface area contributed by atoms with Crippen LogP contribution in [0.2, 0.25) is 0 Å². The van der Waals surface area contributed by atoms with Gasteiger partial charge < -0.3 is 9.97 Å². The van der Waals surface area contributed by atoms with Gasteiger partial charge in [0.05, 0.1) is 15.4 Å². The topological polar surface area (TPSA) is 152 Å². The standard InChI is InChI=1S/C9H3F3N4O6/c10-9(11,12)2-1-3-4(14-8(18)7(17)13-3)6(16(21)22)5(2)15(19)20/h1H,(H,13,17)(H,14,18). The first-order valence-corrected chi connectivity index (χ1v) is 5.23. The number of alkyl halides is 3. The number of benzene rings is 1. The third-order valence-corrected chi connectivity index (χ3v) is 2.64. The minimum Gasteiger partial charge on any atom is -0.316 e. The molecule has 1 heterocycles. The van der Waals surface area contributed by atoms with Crippen LogP contribution in [0.4, 0.5) is 24.5 Å². The third-order valence-electron chi connectivity index (χ3n) is 2.64. The zero-order chi connectivity index (χ0) is 16.8. The van der Waals surface area contributed by atoms with Crippen molar-refractivity contribution in [1.82, 2.24) is 9.97 Å². The molecule has 2 rings (SSSR count). The Labute approximate surface area is 115 Å². The summed E-state index contributed by atoms with van der Waals surface area (Å²) in [4.78, 5) is 44.4. The normalized spacial score (nSPS) is 11.6. The lowest BCUT2D eigenvalue weighted by Gasteiger charge is -2.09. The van der Waals surface area contributed by atoms with E-state index < -0.39 is 55.1 Å². The van der Waals surface area contributed by atoms with Crippen molar-refractivity contribution in [1.29, 1.82) is 0 Å². The van der Waals surface area contributed by atoms with Crippen LogP contribution in [0.15, 0.2) is 15.7 Å². The van der Waals surface area contributed by atoms with Crippen molar-refractivity contribution in [3.63, 3.8) is 0 Å². The van der Waals surface area contributed by atoms with Crippen LogP contribution in [0.3, 0.4) is 0 Å². The van der Waals surface area contributed by atoms with Gasteiger partial charge in [0.15, 0.2) is 5.52 Å². The molecule has 0 amide bonds. The van der Waals surface area contributed by atoms with Gasteiger partial charge in [-0.2, -0.15) is 13.2 Å². The van der Waals surface area contributed by atoms with Crippen LogP contribution in [0.1, 0.15) is 5.56 Å². The Morgan fingerprint density at radius 1 is 0.955 bits per heavy atom. The number of rotatable bonds is 2. The fourth-order valence-corrected chi connectivity index (χ4v) is 1.81. The quantitative estimate of drug-likeness (QED) is 0.479. The molecule has 0 aliphatic heterocycles. The summed E-state index contributed by atoms with van der Waals surface area (Å²) < 4.78 is 38.6. The van der Waals surface area contributed by atoms with Gasteiger partial charge in [-0.25, -0.2) is 0 Å². The molecule has 0 atom stereocenters. The molecule has 10 nitrogen and oxygen atoms in total. The summed E-state index contributed by atoms with van der Waals surface area (Å²) in [5, 5.41) is 21.8. The van der Waals surface area contributed by atoms with Crippen LogP contribution < -0.4 is 11.1 Å². The van der Waals surface area contributed by atoms with E-state index in [1.165, 1.54) is 0 Å². The van der Waals surface area contributed by atoms with E-state index in [1.807, 2.05) is 0 Å².